The summed E-state index contributed by atoms with van der Waals surface area (Å²) in [7, 11) is 0. The molecule has 2 amide bonds. The normalized spacial score (nSPS) is 13.7. The molecule has 4 rings (SSSR count). The fraction of sp³-hybridized carbons (Fsp3) is 0.318. The molecule has 0 spiro atoms. The Hall–Kier alpha value is -2.23. The summed E-state index contributed by atoms with van der Waals surface area (Å²) in [6, 6.07) is 6.01. The summed E-state index contributed by atoms with van der Waals surface area (Å²) in [5.41, 5.74) is 2.43. The number of aromatic nitrogens is 1. The number of thiazole rings is 1. The van der Waals surface area contributed by atoms with Crippen molar-refractivity contribution in [2.75, 3.05) is 11.9 Å². The summed E-state index contributed by atoms with van der Waals surface area (Å²) in [5.74, 6) is -0.271. The number of anilines is 1. The smallest absolute Gasteiger partial charge is 0.410 e. The second-order valence-corrected chi connectivity index (χ2v) is 11.2. The average molecular weight is 520 g/mol. The standard InChI is InChI=1S/C22H22BrN3O3S2/c1-5-17(27)25-20-18(19-24-14-10-12(23)6-7-15(14)30-19)13-8-9-26(11-16(13)31-20)21(28)29-22(2,3)4/h5-7,10H,1,8-9,11H2,2-4H3,(H,25,27). The van der Waals surface area contributed by atoms with Gasteiger partial charge in [0.15, 0.2) is 0 Å². The molecule has 0 fully saturated rings. The SMILES string of the molecule is C=CC(=O)Nc1sc2c(c1-c1nc3cc(Br)ccc3s1)CCN(C(=O)OC(C)(C)C)C2. The Balaban J connectivity index is 1.74. The lowest BCUT2D eigenvalue weighted by Gasteiger charge is -2.30. The maximum Gasteiger partial charge on any atom is 0.410 e. The largest absolute Gasteiger partial charge is 0.444 e. The molecule has 0 aliphatic carbocycles. The van der Waals surface area contributed by atoms with E-state index in [1.807, 2.05) is 39.0 Å². The zero-order valence-corrected chi connectivity index (χ0v) is 20.7. The maximum atomic E-state index is 12.6. The Morgan fingerprint density at radius 3 is 2.81 bits per heavy atom. The molecule has 1 aliphatic heterocycles. The third kappa shape index (κ3) is 4.68. The number of hydrogen-bond acceptors (Lipinski definition) is 6. The van der Waals surface area contributed by atoms with Crippen LogP contribution in [0.1, 0.15) is 31.2 Å². The monoisotopic (exact) mass is 519 g/mol. The number of hydrogen-bond donors (Lipinski definition) is 1. The zero-order chi connectivity index (χ0) is 22.3. The number of thiophene rings is 1. The van der Waals surface area contributed by atoms with Gasteiger partial charge >= 0.3 is 6.09 Å². The van der Waals surface area contributed by atoms with Crippen LogP contribution in [0.25, 0.3) is 20.8 Å². The fourth-order valence-corrected chi connectivity index (χ4v) is 6.08. The molecule has 6 nitrogen and oxygen atoms in total. The minimum atomic E-state index is -0.545. The van der Waals surface area contributed by atoms with Crippen LogP contribution in [0.2, 0.25) is 0 Å². The van der Waals surface area contributed by atoms with E-state index in [9.17, 15) is 9.59 Å². The van der Waals surface area contributed by atoms with Crippen molar-refractivity contribution < 1.29 is 14.3 Å². The highest BCUT2D eigenvalue weighted by atomic mass is 79.9. The van der Waals surface area contributed by atoms with Crippen LogP contribution in [0.3, 0.4) is 0 Å². The quantitative estimate of drug-likeness (QED) is 0.417. The molecule has 31 heavy (non-hydrogen) atoms. The third-order valence-corrected chi connectivity index (χ3v) is 7.37. The molecule has 0 saturated heterocycles. The first-order chi connectivity index (χ1) is 14.6. The molecule has 162 valence electrons. The highest BCUT2D eigenvalue weighted by Gasteiger charge is 2.31. The van der Waals surface area contributed by atoms with Crippen molar-refractivity contribution in [2.24, 2.45) is 0 Å². The molecule has 9 heteroatoms. The maximum absolute atomic E-state index is 12.6. The number of carbonyl (C=O) groups is 2. The van der Waals surface area contributed by atoms with Crippen LogP contribution >= 0.6 is 38.6 Å². The van der Waals surface area contributed by atoms with E-state index >= 15 is 0 Å². The Morgan fingerprint density at radius 1 is 1.32 bits per heavy atom. The molecular weight excluding hydrogens is 498 g/mol. The molecule has 0 atom stereocenters. The van der Waals surface area contributed by atoms with Gasteiger partial charge in [-0.05, 0) is 57.0 Å². The molecule has 3 heterocycles. The number of nitrogens with zero attached hydrogens (tertiary/aromatic N) is 2. The molecule has 1 aromatic carbocycles. The van der Waals surface area contributed by atoms with Gasteiger partial charge in [0.1, 0.15) is 15.6 Å². The zero-order valence-electron chi connectivity index (χ0n) is 17.5. The van der Waals surface area contributed by atoms with Crippen LogP contribution in [-0.4, -0.2) is 34.0 Å². The van der Waals surface area contributed by atoms with Crippen LogP contribution in [0.4, 0.5) is 9.80 Å². The number of benzene rings is 1. The van der Waals surface area contributed by atoms with Gasteiger partial charge in [-0.25, -0.2) is 9.78 Å². The molecule has 0 bridgehead atoms. The van der Waals surface area contributed by atoms with Crippen LogP contribution in [-0.2, 0) is 22.5 Å². The van der Waals surface area contributed by atoms with Gasteiger partial charge in [0.2, 0.25) is 5.91 Å². The first-order valence-corrected chi connectivity index (χ1v) is 12.2. The summed E-state index contributed by atoms with van der Waals surface area (Å²) < 4.78 is 7.59. The molecule has 0 saturated carbocycles. The van der Waals surface area contributed by atoms with E-state index < -0.39 is 5.60 Å². The van der Waals surface area contributed by atoms with E-state index in [4.69, 9.17) is 9.72 Å². The molecule has 1 N–H and O–H groups in total. The van der Waals surface area contributed by atoms with Crippen LogP contribution in [0, 0.1) is 0 Å². The summed E-state index contributed by atoms with van der Waals surface area (Å²) in [5, 5.41) is 4.53. The van der Waals surface area contributed by atoms with Crippen molar-refractivity contribution in [3.63, 3.8) is 0 Å². The topological polar surface area (TPSA) is 71.5 Å². The molecule has 3 aromatic rings. The van der Waals surface area contributed by atoms with Gasteiger partial charge < -0.3 is 15.0 Å². The van der Waals surface area contributed by atoms with Crippen molar-refractivity contribution in [1.82, 2.24) is 9.88 Å². The molecule has 0 radical (unpaired) electrons. The van der Waals surface area contributed by atoms with E-state index in [1.54, 1.807) is 16.2 Å². The van der Waals surface area contributed by atoms with Crippen molar-refractivity contribution in [3.8, 4) is 10.6 Å². The summed E-state index contributed by atoms with van der Waals surface area (Å²) in [4.78, 5) is 32.2. The average Bonchev–Trinajstić information content (AvgIpc) is 3.25. The fourth-order valence-electron chi connectivity index (χ4n) is 3.37. The van der Waals surface area contributed by atoms with Gasteiger partial charge in [0.05, 0.1) is 16.8 Å². The second-order valence-electron chi connectivity index (χ2n) is 8.18. The predicted molar refractivity (Wildman–Crippen MR) is 130 cm³/mol. The Labute approximate surface area is 197 Å². The number of halogens is 1. The minimum absolute atomic E-state index is 0.271. The number of carbonyl (C=O) groups excluding carboxylic acids is 2. The number of ether oxygens (including phenoxy) is 1. The van der Waals surface area contributed by atoms with Gasteiger partial charge in [-0.15, -0.1) is 22.7 Å². The van der Waals surface area contributed by atoms with Crippen molar-refractivity contribution in [1.29, 1.82) is 0 Å². The van der Waals surface area contributed by atoms with Crippen LogP contribution in [0.15, 0.2) is 35.3 Å². The predicted octanol–water partition coefficient (Wildman–Crippen LogP) is 6.21. The summed E-state index contributed by atoms with van der Waals surface area (Å²) >= 11 is 6.57. The van der Waals surface area contributed by atoms with Gasteiger partial charge in [0, 0.05) is 21.5 Å². The lowest BCUT2D eigenvalue weighted by atomic mass is 10.0. The first-order valence-electron chi connectivity index (χ1n) is 9.77. The van der Waals surface area contributed by atoms with E-state index in [0.717, 1.165) is 40.7 Å². The van der Waals surface area contributed by atoms with E-state index in [0.29, 0.717) is 19.5 Å². The highest BCUT2D eigenvalue weighted by molar-refractivity contribution is 9.10. The van der Waals surface area contributed by atoms with Gasteiger partial charge in [-0.3, -0.25) is 4.79 Å². The third-order valence-electron chi connectivity index (χ3n) is 4.69. The van der Waals surface area contributed by atoms with Gasteiger partial charge in [-0.2, -0.15) is 0 Å². The summed E-state index contributed by atoms with van der Waals surface area (Å²) in [6.45, 7) is 10.1. The minimum Gasteiger partial charge on any atom is -0.444 e. The van der Waals surface area contributed by atoms with Crippen molar-refractivity contribution in [2.45, 2.75) is 39.3 Å². The van der Waals surface area contributed by atoms with Gasteiger partial charge in [-0.1, -0.05) is 22.5 Å². The second kappa shape index (κ2) is 8.37. The first kappa shape index (κ1) is 22.0. The van der Waals surface area contributed by atoms with Crippen molar-refractivity contribution in [3.05, 3.63) is 45.8 Å². The lowest BCUT2D eigenvalue weighted by Crippen LogP contribution is -2.39. The number of nitrogens with one attached hydrogen (secondary N) is 1. The molecule has 2 aromatic heterocycles. The van der Waals surface area contributed by atoms with Crippen LogP contribution < -0.4 is 5.32 Å². The Morgan fingerprint density at radius 2 is 2.10 bits per heavy atom. The van der Waals surface area contributed by atoms with Gasteiger partial charge in [0.25, 0.3) is 0 Å². The van der Waals surface area contributed by atoms with Crippen LogP contribution in [0.5, 0.6) is 0 Å². The van der Waals surface area contributed by atoms with E-state index in [-0.39, 0.29) is 12.0 Å². The van der Waals surface area contributed by atoms with E-state index in [1.165, 1.54) is 17.4 Å². The Kier molecular flexibility index (Phi) is 5.93. The number of fused-ring (bicyclic) bond motifs is 2. The number of rotatable bonds is 3. The van der Waals surface area contributed by atoms with Crippen molar-refractivity contribution >= 4 is 65.8 Å². The Bertz CT molecular complexity index is 1190. The molecular formula is C22H22BrN3O3S2. The number of amides is 2. The van der Waals surface area contributed by atoms with E-state index in [2.05, 4.69) is 27.8 Å². The highest BCUT2D eigenvalue weighted by Crippen LogP contribution is 2.46. The lowest BCUT2D eigenvalue weighted by molar-refractivity contribution is -0.111. The summed E-state index contributed by atoms with van der Waals surface area (Å²) in [6.07, 6.45) is 1.60. The molecule has 0 unspecified atom stereocenters. The molecule has 1 aliphatic rings.